The summed E-state index contributed by atoms with van der Waals surface area (Å²) in [4.78, 5) is 9.05. The van der Waals surface area contributed by atoms with Gasteiger partial charge in [0.1, 0.15) is 11.6 Å². The van der Waals surface area contributed by atoms with Crippen LogP contribution in [0.4, 0.5) is 11.8 Å². The first-order chi connectivity index (χ1) is 13.9. The van der Waals surface area contributed by atoms with Crippen LogP contribution in [0.2, 0.25) is 0 Å². The van der Waals surface area contributed by atoms with Crippen LogP contribution in [-0.2, 0) is 17.5 Å². The summed E-state index contributed by atoms with van der Waals surface area (Å²) in [6.07, 6.45) is 0.734. The predicted molar refractivity (Wildman–Crippen MR) is 116 cm³/mol. The van der Waals surface area contributed by atoms with Gasteiger partial charge in [-0.05, 0) is 61.2 Å². The van der Waals surface area contributed by atoms with Gasteiger partial charge in [-0.2, -0.15) is 4.98 Å². The quantitative estimate of drug-likeness (QED) is 0.509. The molecule has 0 aliphatic heterocycles. The summed E-state index contributed by atoms with van der Waals surface area (Å²) in [5.74, 6) is 1.68. The van der Waals surface area contributed by atoms with E-state index in [2.05, 4.69) is 15.3 Å². The third-order valence-corrected chi connectivity index (χ3v) is 5.28. The molecule has 0 saturated carbocycles. The number of nitrogens with zero attached hydrogens (tertiary/aromatic N) is 2. The van der Waals surface area contributed by atoms with Gasteiger partial charge in [0.05, 0.1) is 17.7 Å². The second kappa shape index (κ2) is 9.02. The number of ether oxygens (including phenoxy) is 1. The van der Waals surface area contributed by atoms with Gasteiger partial charge >= 0.3 is 0 Å². The number of nitrogens with one attached hydrogen (secondary N) is 1. The zero-order valence-electron chi connectivity index (χ0n) is 16.6. The number of hydrogen-bond acceptors (Lipinski definition) is 6. The summed E-state index contributed by atoms with van der Waals surface area (Å²) in [7, 11) is 1.66. The van der Waals surface area contributed by atoms with Crippen LogP contribution < -0.4 is 15.8 Å². The minimum Gasteiger partial charge on any atom is -0.496 e. The maximum Gasteiger partial charge on any atom is 0.222 e. The van der Waals surface area contributed by atoms with Crippen molar-refractivity contribution in [2.24, 2.45) is 0 Å². The van der Waals surface area contributed by atoms with E-state index < -0.39 is 11.1 Å². The Morgan fingerprint density at radius 1 is 1.10 bits per heavy atom. The third-order valence-electron chi connectivity index (χ3n) is 4.61. The molecule has 2 aromatic carbocycles. The highest BCUT2D eigenvalue weighted by molar-refractivity contribution is 7.79. The summed E-state index contributed by atoms with van der Waals surface area (Å²) < 4.78 is 25.5. The molecule has 1 atom stereocenters. The molecule has 1 heterocycles. The number of nitrogens with two attached hydrogens (primary N) is 1. The zero-order chi connectivity index (χ0) is 21.0. The van der Waals surface area contributed by atoms with Gasteiger partial charge in [0.2, 0.25) is 5.95 Å². The van der Waals surface area contributed by atoms with Crippen molar-refractivity contribution in [2.75, 3.05) is 24.7 Å². The number of rotatable bonds is 7. The van der Waals surface area contributed by atoms with Gasteiger partial charge < -0.3 is 20.3 Å². The average molecular weight is 413 g/mol. The van der Waals surface area contributed by atoms with Crippen molar-refractivity contribution in [3.63, 3.8) is 0 Å². The minimum atomic E-state index is -1.96. The normalized spacial score (nSPS) is 11.9. The topological polar surface area (TPSA) is 110 Å². The number of benzene rings is 2. The molecular weight excluding hydrogens is 388 g/mol. The molecule has 0 spiro atoms. The molecule has 0 bridgehead atoms. The van der Waals surface area contributed by atoms with Crippen LogP contribution in [0.15, 0.2) is 47.4 Å². The van der Waals surface area contributed by atoms with Gasteiger partial charge in [0.25, 0.3) is 0 Å². The van der Waals surface area contributed by atoms with Crippen LogP contribution in [0.5, 0.6) is 5.75 Å². The molecule has 0 aliphatic carbocycles. The Hall–Kier alpha value is -2.97. The molecule has 3 rings (SSSR count). The van der Waals surface area contributed by atoms with Gasteiger partial charge in [-0.15, -0.1) is 0 Å². The van der Waals surface area contributed by atoms with Gasteiger partial charge in [-0.3, -0.25) is 0 Å². The van der Waals surface area contributed by atoms with Crippen molar-refractivity contribution >= 4 is 22.8 Å². The van der Waals surface area contributed by atoms with E-state index in [9.17, 15) is 4.21 Å². The first-order valence-corrected chi connectivity index (χ1v) is 10.2. The molecule has 3 aromatic rings. The lowest BCUT2D eigenvalue weighted by Crippen LogP contribution is -2.09. The van der Waals surface area contributed by atoms with Crippen molar-refractivity contribution in [3.8, 4) is 17.0 Å². The zero-order valence-corrected chi connectivity index (χ0v) is 17.4. The summed E-state index contributed by atoms with van der Waals surface area (Å²) in [5, 5.41) is 3.27. The molecule has 8 heteroatoms. The van der Waals surface area contributed by atoms with Crippen molar-refractivity contribution < 1.29 is 13.5 Å². The smallest absolute Gasteiger partial charge is 0.222 e. The fourth-order valence-electron chi connectivity index (χ4n) is 3.09. The maximum absolute atomic E-state index is 11.0. The van der Waals surface area contributed by atoms with Crippen LogP contribution in [0.25, 0.3) is 11.3 Å². The first-order valence-electron chi connectivity index (χ1n) is 9.11. The van der Waals surface area contributed by atoms with Crippen molar-refractivity contribution in [1.82, 2.24) is 9.97 Å². The van der Waals surface area contributed by atoms with E-state index in [-0.39, 0.29) is 5.95 Å². The first kappa shape index (κ1) is 20.8. The lowest BCUT2D eigenvalue weighted by atomic mass is 10.0. The van der Waals surface area contributed by atoms with E-state index in [1.54, 1.807) is 19.2 Å². The third kappa shape index (κ3) is 5.10. The Balaban J connectivity index is 1.74. The predicted octanol–water partition coefficient (Wildman–Crippen LogP) is 3.59. The Morgan fingerprint density at radius 3 is 2.48 bits per heavy atom. The van der Waals surface area contributed by atoms with Gasteiger partial charge in [-0.1, -0.05) is 12.1 Å². The van der Waals surface area contributed by atoms with Crippen molar-refractivity contribution in [3.05, 3.63) is 59.2 Å². The molecule has 1 aromatic heterocycles. The van der Waals surface area contributed by atoms with Crippen LogP contribution >= 0.6 is 0 Å². The van der Waals surface area contributed by atoms with Crippen LogP contribution in [0.1, 0.15) is 16.7 Å². The van der Waals surface area contributed by atoms with E-state index in [4.69, 9.17) is 15.0 Å². The summed E-state index contributed by atoms with van der Waals surface area (Å²) in [6.45, 7) is 4.63. The van der Waals surface area contributed by atoms with E-state index in [1.165, 1.54) is 0 Å². The molecule has 4 N–H and O–H groups in total. The monoisotopic (exact) mass is 412 g/mol. The molecule has 1 unspecified atom stereocenters. The number of aromatic nitrogens is 2. The molecule has 0 fully saturated rings. The Bertz CT molecular complexity index is 1040. The fourth-order valence-corrected chi connectivity index (χ4v) is 3.46. The molecule has 0 amide bonds. The summed E-state index contributed by atoms with van der Waals surface area (Å²) >= 11 is -1.96. The second-order valence-corrected chi connectivity index (χ2v) is 7.67. The Morgan fingerprint density at radius 2 is 1.83 bits per heavy atom. The fraction of sp³-hybridized carbons (Fsp3) is 0.238. The highest BCUT2D eigenvalue weighted by Crippen LogP contribution is 2.30. The molecule has 0 radical (unpaired) electrons. The van der Waals surface area contributed by atoms with Crippen LogP contribution in [-0.4, -0.2) is 32.4 Å². The lowest BCUT2D eigenvalue weighted by molar-refractivity contribution is 0.411. The number of aryl methyl sites for hydroxylation is 2. The molecule has 7 nitrogen and oxygen atoms in total. The van der Waals surface area contributed by atoms with Gasteiger partial charge in [-0.25, -0.2) is 9.19 Å². The van der Waals surface area contributed by atoms with Crippen LogP contribution in [0, 0.1) is 13.8 Å². The highest BCUT2D eigenvalue weighted by Gasteiger charge is 2.11. The van der Waals surface area contributed by atoms with E-state index in [0.717, 1.165) is 40.1 Å². The Labute approximate surface area is 172 Å². The van der Waals surface area contributed by atoms with Crippen molar-refractivity contribution in [1.29, 1.82) is 0 Å². The number of nitrogen functional groups attached to an aromatic ring is 1. The van der Waals surface area contributed by atoms with Gasteiger partial charge in [0.15, 0.2) is 11.1 Å². The largest absolute Gasteiger partial charge is 0.496 e. The minimum absolute atomic E-state index is 0.202. The second-order valence-electron chi connectivity index (χ2n) is 6.70. The summed E-state index contributed by atoms with van der Waals surface area (Å²) in [5.41, 5.74) is 10.8. The van der Waals surface area contributed by atoms with E-state index >= 15 is 0 Å². The molecule has 0 saturated heterocycles. The number of anilines is 2. The maximum atomic E-state index is 11.0. The Kier molecular flexibility index (Phi) is 6.46. The highest BCUT2D eigenvalue weighted by atomic mass is 32.2. The van der Waals surface area contributed by atoms with E-state index in [0.29, 0.717) is 17.3 Å². The van der Waals surface area contributed by atoms with E-state index in [1.807, 2.05) is 44.2 Å². The molecular formula is C21H24N4O3S. The van der Waals surface area contributed by atoms with Crippen LogP contribution in [0.3, 0.4) is 0 Å². The number of methoxy groups -OCH3 is 1. The average Bonchev–Trinajstić information content (AvgIpc) is 2.69. The standard InChI is InChI=1S/C21H24N4O3S/c1-13-11-19(28-3)14(2)10-17(13)18-12-20(25-21(22)24-18)23-9-8-15-4-6-16(7-5-15)29(26)27/h4-7,10-12H,8-9H2,1-3H3,(H,26,27)(H3,22,23,24,25). The molecule has 0 aliphatic rings. The SMILES string of the molecule is COc1cc(C)c(-c2cc(NCCc3ccc(S(=O)O)cc3)nc(N)n2)cc1C. The van der Waals surface area contributed by atoms with Crippen molar-refractivity contribution in [2.45, 2.75) is 25.2 Å². The lowest BCUT2D eigenvalue weighted by Gasteiger charge is -2.13. The molecule has 152 valence electrons. The number of hydrogen-bond donors (Lipinski definition) is 3. The molecule has 29 heavy (non-hydrogen) atoms. The summed E-state index contributed by atoms with van der Waals surface area (Å²) in [6, 6.07) is 12.9. The van der Waals surface area contributed by atoms with Gasteiger partial charge in [0, 0.05) is 18.2 Å².